The number of ether oxygens (including phenoxy) is 10. The smallest absolute Gasteiger partial charge is 0.269 e. The average Bonchev–Trinajstić information content (AvgIpc) is 3.08. The molecule has 0 atom stereocenters. The monoisotopic (exact) mass is 675 g/mol. The minimum Gasteiger partial charge on any atom is -0.491 e. The number of unbranched alkanes of at least 4 members (excludes halogenated alkanes) is 7. The molecule has 0 aliphatic heterocycles. The number of hydrogen-bond acceptors (Lipinski definition) is 12. The molecule has 274 valence electrons. The quantitative estimate of drug-likeness (QED) is 0.0514. The maximum absolute atomic E-state index is 10.6. The number of nitrogens with zero attached hydrogens (tertiary/aromatic N) is 1. The van der Waals surface area contributed by atoms with Gasteiger partial charge < -0.3 is 47.4 Å². The van der Waals surface area contributed by atoms with Gasteiger partial charge in [0.1, 0.15) is 12.4 Å². The van der Waals surface area contributed by atoms with Crippen molar-refractivity contribution in [2.24, 2.45) is 0 Å². The summed E-state index contributed by atoms with van der Waals surface area (Å²) in [4.78, 5) is 10.2. The largest absolute Gasteiger partial charge is 0.491 e. The first-order valence-electron chi connectivity index (χ1n) is 17.3. The van der Waals surface area contributed by atoms with E-state index in [1.54, 1.807) is 12.1 Å². The van der Waals surface area contributed by atoms with Crippen LogP contribution in [0.25, 0.3) is 0 Å². The highest BCUT2D eigenvalue weighted by Crippen LogP contribution is 2.17. The van der Waals surface area contributed by atoms with Crippen LogP contribution in [0, 0.1) is 10.1 Å². The van der Waals surface area contributed by atoms with Gasteiger partial charge >= 0.3 is 0 Å². The van der Waals surface area contributed by atoms with Crippen LogP contribution in [-0.2, 0) is 42.6 Å². The van der Waals surface area contributed by atoms with E-state index in [4.69, 9.17) is 47.4 Å². The fourth-order valence-corrected chi connectivity index (χ4v) is 4.08. The van der Waals surface area contributed by atoms with Crippen molar-refractivity contribution in [2.75, 3.05) is 126 Å². The van der Waals surface area contributed by atoms with E-state index in [1.807, 2.05) is 0 Å². The van der Waals surface area contributed by atoms with Gasteiger partial charge in [0.25, 0.3) is 5.69 Å². The van der Waals surface area contributed by atoms with Gasteiger partial charge in [-0.1, -0.05) is 51.9 Å². The molecule has 0 bridgehead atoms. The number of rotatable bonds is 38. The maximum atomic E-state index is 10.6. The highest BCUT2D eigenvalue weighted by molar-refractivity contribution is 5.35. The van der Waals surface area contributed by atoms with Crippen molar-refractivity contribution >= 4 is 5.69 Å². The van der Waals surface area contributed by atoms with Crippen molar-refractivity contribution < 1.29 is 52.3 Å². The number of hydrogen-bond donors (Lipinski definition) is 0. The lowest BCUT2D eigenvalue weighted by molar-refractivity contribution is -0.384. The molecule has 1 aromatic rings. The molecule has 1 rings (SSSR count). The molecule has 0 aromatic heterocycles. The fourth-order valence-electron chi connectivity index (χ4n) is 4.08. The molecule has 13 nitrogen and oxygen atoms in total. The Labute approximate surface area is 281 Å². The molecule has 0 heterocycles. The molecular weight excluding hydrogens is 614 g/mol. The fraction of sp³-hybridized carbons (Fsp3) is 0.824. The zero-order valence-corrected chi connectivity index (χ0v) is 28.7. The summed E-state index contributed by atoms with van der Waals surface area (Å²) in [6.07, 6.45) is 10.5. The van der Waals surface area contributed by atoms with Crippen LogP contribution in [0.2, 0.25) is 0 Å². The molecule has 0 fully saturated rings. The Morgan fingerprint density at radius 1 is 0.426 bits per heavy atom. The van der Waals surface area contributed by atoms with E-state index in [9.17, 15) is 10.1 Å². The van der Waals surface area contributed by atoms with E-state index >= 15 is 0 Å². The van der Waals surface area contributed by atoms with Crippen LogP contribution in [-0.4, -0.2) is 130 Å². The Morgan fingerprint density at radius 2 is 0.723 bits per heavy atom. The molecule has 0 N–H and O–H groups in total. The topological polar surface area (TPSA) is 135 Å². The van der Waals surface area contributed by atoms with Crippen LogP contribution in [0.3, 0.4) is 0 Å². The molecule has 47 heavy (non-hydrogen) atoms. The second-order valence-corrected chi connectivity index (χ2v) is 10.6. The summed E-state index contributed by atoms with van der Waals surface area (Å²) >= 11 is 0. The number of nitro groups is 1. The van der Waals surface area contributed by atoms with Crippen molar-refractivity contribution in [1.82, 2.24) is 0 Å². The number of non-ortho nitro benzene ring substituents is 1. The minimum atomic E-state index is -0.448. The summed E-state index contributed by atoms with van der Waals surface area (Å²) in [6, 6.07) is 5.93. The van der Waals surface area contributed by atoms with Gasteiger partial charge in [0.15, 0.2) is 0 Å². The lowest BCUT2D eigenvalue weighted by Gasteiger charge is -2.09. The van der Waals surface area contributed by atoms with Crippen LogP contribution in [0.1, 0.15) is 58.3 Å². The maximum Gasteiger partial charge on any atom is 0.269 e. The predicted molar refractivity (Wildman–Crippen MR) is 179 cm³/mol. The highest BCUT2D eigenvalue weighted by Gasteiger charge is 2.04. The van der Waals surface area contributed by atoms with Crippen LogP contribution < -0.4 is 4.74 Å². The van der Waals surface area contributed by atoms with E-state index in [0.717, 1.165) is 13.0 Å². The Morgan fingerprint density at radius 3 is 1.06 bits per heavy atom. The van der Waals surface area contributed by atoms with Gasteiger partial charge in [-0.15, -0.1) is 0 Å². The van der Waals surface area contributed by atoms with E-state index in [1.165, 1.54) is 57.1 Å². The number of nitro benzene ring substituents is 1. The predicted octanol–water partition coefficient (Wildman–Crippen LogP) is 5.26. The van der Waals surface area contributed by atoms with Gasteiger partial charge in [-0.2, -0.15) is 0 Å². The second kappa shape index (κ2) is 35.4. The van der Waals surface area contributed by atoms with Gasteiger partial charge in [0, 0.05) is 18.7 Å². The van der Waals surface area contributed by atoms with E-state index in [-0.39, 0.29) is 5.69 Å². The molecule has 0 spiro atoms. The number of benzene rings is 1. The van der Waals surface area contributed by atoms with E-state index < -0.39 is 4.92 Å². The zero-order valence-electron chi connectivity index (χ0n) is 28.7. The molecule has 0 aliphatic carbocycles. The van der Waals surface area contributed by atoms with Crippen molar-refractivity contribution in [1.29, 1.82) is 0 Å². The lowest BCUT2D eigenvalue weighted by Crippen LogP contribution is -2.15. The van der Waals surface area contributed by atoms with E-state index in [0.29, 0.717) is 125 Å². The summed E-state index contributed by atoms with van der Waals surface area (Å²) in [5, 5.41) is 10.6. The van der Waals surface area contributed by atoms with Gasteiger partial charge in [0.05, 0.1) is 117 Å². The summed E-state index contributed by atoms with van der Waals surface area (Å²) in [5.41, 5.74) is 0.0291. The molecule has 0 amide bonds. The first-order valence-corrected chi connectivity index (χ1v) is 17.3. The molecule has 0 radical (unpaired) electrons. The molecule has 0 saturated carbocycles. The van der Waals surface area contributed by atoms with Gasteiger partial charge in [0.2, 0.25) is 0 Å². The SMILES string of the molecule is CCCCCCCCCCOCCOCCOCCOCCOCCOCCOCCOCCOCCOc1ccc([N+](=O)[O-])cc1. The van der Waals surface area contributed by atoms with Crippen molar-refractivity contribution in [2.45, 2.75) is 58.3 Å². The first-order chi connectivity index (χ1) is 23.2. The first kappa shape index (κ1) is 43.1. The van der Waals surface area contributed by atoms with Crippen LogP contribution in [0.5, 0.6) is 5.75 Å². The van der Waals surface area contributed by atoms with Crippen molar-refractivity contribution in [3.05, 3.63) is 34.4 Å². The Hall–Kier alpha value is -1.94. The summed E-state index contributed by atoms with van der Waals surface area (Å²) < 4.78 is 54.9. The average molecular weight is 676 g/mol. The zero-order chi connectivity index (χ0) is 33.7. The highest BCUT2D eigenvalue weighted by atomic mass is 16.6. The third-order valence-electron chi connectivity index (χ3n) is 6.66. The Balaban J connectivity index is 1.64. The summed E-state index contributed by atoms with van der Waals surface area (Å²) in [7, 11) is 0. The lowest BCUT2D eigenvalue weighted by atomic mass is 10.1. The van der Waals surface area contributed by atoms with Gasteiger partial charge in [-0.25, -0.2) is 0 Å². The third-order valence-corrected chi connectivity index (χ3v) is 6.66. The Kier molecular flexibility index (Phi) is 32.4. The summed E-state index contributed by atoms with van der Waals surface area (Å²) in [6.45, 7) is 12.1. The molecule has 0 unspecified atom stereocenters. The molecule has 0 saturated heterocycles. The van der Waals surface area contributed by atoms with Crippen molar-refractivity contribution in [3.63, 3.8) is 0 Å². The van der Waals surface area contributed by atoms with Crippen molar-refractivity contribution in [3.8, 4) is 5.75 Å². The molecule has 1 aromatic carbocycles. The molecular formula is C34H61NO12. The van der Waals surface area contributed by atoms with Crippen LogP contribution in [0.4, 0.5) is 5.69 Å². The minimum absolute atomic E-state index is 0.0291. The second-order valence-electron chi connectivity index (χ2n) is 10.6. The van der Waals surface area contributed by atoms with Crippen LogP contribution in [0.15, 0.2) is 24.3 Å². The summed E-state index contributed by atoms with van der Waals surface area (Å²) in [5.74, 6) is 0.560. The normalized spacial score (nSPS) is 11.3. The molecule has 0 aliphatic rings. The molecule has 13 heteroatoms. The van der Waals surface area contributed by atoms with Gasteiger partial charge in [-0.3, -0.25) is 10.1 Å². The third kappa shape index (κ3) is 31.1. The van der Waals surface area contributed by atoms with Crippen LogP contribution >= 0.6 is 0 Å². The van der Waals surface area contributed by atoms with Gasteiger partial charge in [-0.05, 0) is 18.6 Å². The van der Waals surface area contributed by atoms with E-state index in [2.05, 4.69) is 6.92 Å². The standard InChI is InChI=1S/C34H61NO12/c1-2-3-4-5-6-7-8-9-14-38-15-16-39-17-18-40-19-20-41-21-22-42-23-24-43-25-26-44-27-28-45-29-30-46-31-32-47-34-12-10-33(11-13-34)35(36)37/h10-13H,2-9,14-32H2,1H3. The Bertz CT molecular complexity index is 787.